The van der Waals surface area contributed by atoms with Crippen LogP contribution in [0.2, 0.25) is 0 Å². The molecule has 3 unspecified atom stereocenters. The number of aliphatic hydroxyl groups is 1. The zero-order valence-electron chi connectivity index (χ0n) is 60.6. The number of carbonyl (C=O) groups is 4. The van der Waals surface area contributed by atoms with E-state index < -0.39 is 97.5 Å². The maximum Gasteiger partial charge on any atom is 0.472 e. The van der Waals surface area contributed by atoms with Crippen LogP contribution in [0.5, 0.6) is 0 Å². The van der Waals surface area contributed by atoms with Crippen LogP contribution in [0.3, 0.4) is 0 Å². The van der Waals surface area contributed by atoms with E-state index in [0.717, 1.165) is 121 Å². The summed E-state index contributed by atoms with van der Waals surface area (Å²) in [5.41, 5.74) is 0. The molecule has 0 amide bonds. The van der Waals surface area contributed by atoms with Gasteiger partial charge in [0.15, 0.2) is 12.2 Å². The van der Waals surface area contributed by atoms with E-state index in [1.54, 1.807) is 0 Å². The first-order chi connectivity index (χ1) is 45.6. The van der Waals surface area contributed by atoms with Crippen LogP contribution in [0, 0.1) is 5.92 Å². The van der Waals surface area contributed by atoms with Gasteiger partial charge in [0.05, 0.1) is 26.4 Å². The van der Waals surface area contributed by atoms with E-state index in [0.29, 0.717) is 25.7 Å². The third-order valence-electron chi connectivity index (χ3n) is 17.3. The van der Waals surface area contributed by atoms with E-state index in [4.69, 9.17) is 37.0 Å². The summed E-state index contributed by atoms with van der Waals surface area (Å²) in [6, 6.07) is 0. The lowest BCUT2D eigenvalue weighted by Gasteiger charge is -2.21. The highest BCUT2D eigenvalue weighted by Crippen LogP contribution is 2.45. The molecule has 0 saturated carbocycles. The van der Waals surface area contributed by atoms with Crippen molar-refractivity contribution >= 4 is 39.5 Å². The number of rotatable bonds is 73. The summed E-state index contributed by atoms with van der Waals surface area (Å²) in [4.78, 5) is 72.7. The Morgan fingerprint density at radius 2 is 0.596 bits per heavy atom. The second kappa shape index (κ2) is 67.7. The van der Waals surface area contributed by atoms with E-state index in [-0.39, 0.29) is 25.7 Å². The number of unbranched alkanes of at least 4 members (excludes halogenated alkanes) is 41. The molecule has 0 aliphatic carbocycles. The van der Waals surface area contributed by atoms with Gasteiger partial charge in [-0.15, -0.1) is 0 Å². The number of phosphoric acid groups is 2. The monoisotopic (exact) mass is 1380 g/mol. The minimum atomic E-state index is -4.96. The number of phosphoric ester groups is 2. The quantitative estimate of drug-likeness (QED) is 0.0169. The van der Waals surface area contributed by atoms with E-state index >= 15 is 0 Å². The third-order valence-corrected chi connectivity index (χ3v) is 19.2. The van der Waals surface area contributed by atoms with E-state index in [2.05, 4.69) is 58.9 Å². The van der Waals surface area contributed by atoms with Crippen molar-refractivity contribution < 1.29 is 80.2 Å². The molecule has 17 nitrogen and oxygen atoms in total. The SMILES string of the molecule is CCCCCC/C=C\C=C/CCCCCCCC(=O)OC[C@H](COP(=O)(O)OC[C@@H](O)COP(=O)(O)OC[C@@H](COC(=O)CCCCCCCCC(C)CC)OC(=O)CCCCCCCCCCCCC)OC(=O)CCCCCCCCCCCCCCCCCCCC. The average Bonchev–Trinajstić information content (AvgIpc) is 1.87. The van der Waals surface area contributed by atoms with Gasteiger partial charge >= 0.3 is 39.5 Å². The van der Waals surface area contributed by atoms with Gasteiger partial charge in [-0.1, -0.05) is 316 Å². The molecule has 0 aliphatic rings. The predicted molar refractivity (Wildman–Crippen MR) is 381 cm³/mol. The van der Waals surface area contributed by atoms with Gasteiger partial charge in [-0.05, 0) is 57.3 Å². The van der Waals surface area contributed by atoms with Crippen molar-refractivity contribution in [1.82, 2.24) is 0 Å². The van der Waals surface area contributed by atoms with Crippen molar-refractivity contribution in [3.8, 4) is 0 Å². The molecule has 0 fully saturated rings. The fourth-order valence-electron chi connectivity index (χ4n) is 11.0. The van der Waals surface area contributed by atoms with Crippen LogP contribution in [-0.2, 0) is 65.4 Å². The summed E-state index contributed by atoms with van der Waals surface area (Å²) in [6.07, 6.45) is 59.1. The summed E-state index contributed by atoms with van der Waals surface area (Å²) >= 11 is 0. The molecule has 94 heavy (non-hydrogen) atoms. The van der Waals surface area contributed by atoms with Gasteiger partial charge in [0.25, 0.3) is 0 Å². The Morgan fingerprint density at radius 3 is 0.904 bits per heavy atom. The number of carbonyl (C=O) groups excluding carboxylic acids is 4. The first kappa shape index (κ1) is 91.5. The minimum Gasteiger partial charge on any atom is -0.462 e. The average molecular weight is 1380 g/mol. The van der Waals surface area contributed by atoms with Gasteiger partial charge in [0.2, 0.25) is 0 Å². The van der Waals surface area contributed by atoms with Crippen molar-refractivity contribution in [2.24, 2.45) is 5.92 Å². The summed E-state index contributed by atoms with van der Waals surface area (Å²) < 4.78 is 68.4. The second-order valence-electron chi connectivity index (χ2n) is 26.6. The van der Waals surface area contributed by atoms with E-state index in [1.165, 1.54) is 167 Å². The Kier molecular flexibility index (Phi) is 65.9. The number of aliphatic hydroxyl groups excluding tert-OH is 1. The molecular weight excluding hydrogens is 1230 g/mol. The van der Waals surface area contributed by atoms with E-state index in [1.807, 2.05) is 0 Å². The fourth-order valence-corrected chi connectivity index (χ4v) is 12.5. The summed E-state index contributed by atoms with van der Waals surface area (Å²) in [5.74, 6) is -1.42. The molecule has 0 spiro atoms. The van der Waals surface area contributed by atoms with Crippen LogP contribution in [0.1, 0.15) is 369 Å². The maximum atomic E-state index is 13.1. The molecule has 0 aromatic heterocycles. The first-order valence-electron chi connectivity index (χ1n) is 38.5. The smallest absolute Gasteiger partial charge is 0.462 e. The Bertz CT molecular complexity index is 1900. The fraction of sp³-hybridized carbons (Fsp3) is 0.893. The van der Waals surface area contributed by atoms with Crippen molar-refractivity contribution in [2.75, 3.05) is 39.6 Å². The highest BCUT2D eigenvalue weighted by molar-refractivity contribution is 7.47. The first-order valence-corrected chi connectivity index (χ1v) is 41.5. The molecular formula is C75H142O17P2. The summed E-state index contributed by atoms with van der Waals surface area (Å²) in [5, 5.41) is 10.6. The lowest BCUT2D eigenvalue weighted by molar-refractivity contribution is -0.161. The molecule has 0 aromatic rings. The molecule has 0 bridgehead atoms. The van der Waals surface area contributed by atoms with Crippen molar-refractivity contribution in [3.05, 3.63) is 24.3 Å². The lowest BCUT2D eigenvalue weighted by Crippen LogP contribution is -2.30. The predicted octanol–water partition coefficient (Wildman–Crippen LogP) is 21.6. The Labute approximate surface area is 573 Å². The topological polar surface area (TPSA) is 237 Å². The molecule has 3 N–H and O–H groups in total. The largest absolute Gasteiger partial charge is 0.472 e. The van der Waals surface area contributed by atoms with Gasteiger partial charge in [-0.3, -0.25) is 37.3 Å². The van der Waals surface area contributed by atoms with Crippen LogP contribution in [0.25, 0.3) is 0 Å². The Morgan fingerprint density at radius 1 is 0.340 bits per heavy atom. The van der Waals surface area contributed by atoms with Crippen LogP contribution >= 0.6 is 15.6 Å². The third kappa shape index (κ3) is 66.8. The van der Waals surface area contributed by atoms with Gasteiger partial charge < -0.3 is 33.8 Å². The highest BCUT2D eigenvalue weighted by Gasteiger charge is 2.30. The molecule has 554 valence electrons. The van der Waals surface area contributed by atoms with Gasteiger partial charge in [0.1, 0.15) is 19.3 Å². The molecule has 19 heteroatoms. The van der Waals surface area contributed by atoms with Gasteiger partial charge in [-0.2, -0.15) is 0 Å². The second-order valence-corrected chi connectivity index (χ2v) is 29.5. The number of hydrogen-bond donors (Lipinski definition) is 3. The van der Waals surface area contributed by atoms with Crippen LogP contribution in [0.4, 0.5) is 0 Å². The molecule has 0 aliphatic heterocycles. The van der Waals surface area contributed by atoms with E-state index in [9.17, 15) is 43.2 Å². The van der Waals surface area contributed by atoms with Crippen molar-refractivity contribution in [2.45, 2.75) is 387 Å². The van der Waals surface area contributed by atoms with Gasteiger partial charge in [0, 0.05) is 25.7 Å². The van der Waals surface area contributed by atoms with Crippen LogP contribution in [-0.4, -0.2) is 96.7 Å². The normalized spacial score (nSPS) is 14.4. The number of ether oxygens (including phenoxy) is 4. The number of allylic oxidation sites excluding steroid dienone is 4. The molecule has 0 radical (unpaired) electrons. The van der Waals surface area contributed by atoms with Crippen molar-refractivity contribution in [3.63, 3.8) is 0 Å². The minimum absolute atomic E-state index is 0.102. The molecule has 0 saturated heterocycles. The zero-order valence-corrected chi connectivity index (χ0v) is 62.4. The van der Waals surface area contributed by atoms with Crippen LogP contribution < -0.4 is 0 Å². The zero-order chi connectivity index (χ0) is 69.1. The Hall–Kier alpha value is -2.46. The molecule has 6 atom stereocenters. The molecule has 0 heterocycles. The Balaban J connectivity index is 5.27. The molecule has 0 aromatic carbocycles. The van der Waals surface area contributed by atoms with Gasteiger partial charge in [-0.25, -0.2) is 9.13 Å². The summed E-state index contributed by atoms with van der Waals surface area (Å²) in [6.45, 7) is 7.17. The standard InChI is InChI=1S/C75H142O17P2/c1-6-10-13-16-19-22-25-27-29-30-31-33-35-38-41-44-51-56-61-75(80)91-70(64-85-72(77)58-53-48-42-39-37-34-32-28-26-23-20-17-14-11-7-2)66-89-93(81,82)87-62-69(76)63-88-94(83,84)90-67-71(65-86-73(78)59-54-49-46-45-47-52-57-68(5)9-4)92-74(79)60-55-50-43-40-36-24-21-18-15-12-8-3/h23,26,28,32,68-71,76H,6-22,24-25,27,29-31,33-67H2,1-5H3,(H,81,82)(H,83,84)/b26-23-,32-28-/t68?,69-,70-,71-/m1/s1. The molecule has 0 rings (SSSR count). The summed E-state index contributed by atoms with van der Waals surface area (Å²) in [7, 11) is -9.92. The highest BCUT2D eigenvalue weighted by atomic mass is 31.2. The van der Waals surface area contributed by atoms with Crippen molar-refractivity contribution in [1.29, 1.82) is 0 Å². The lowest BCUT2D eigenvalue weighted by atomic mass is 10.00. The number of esters is 4. The maximum absolute atomic E-state index is 13.1. The van der Waals surface area contributed by atoms with Crippen LogP contribution in [0.15, 0.2) is 24.3 Å². The number of hydrogen-bond acceptors (Lipinski definition) is 15.